The molecular weight excluding hydrogens is 266 g/mol. The Morgan fingerprint density at radius 1 is 1.21 bits per heavy atom. The van der Waals surface area contributed by atoms with Gasteiger partial charge in [-0.1, -0.05) is 0 Å². The van der Waals surface area contributed by atoms with Crippen LogP contribution in [0.1, 0.15) is 24.7 Å². The van der Waals surface area contributed by atoms with Crippen LogP contribution in [0, 0.1) is 0 Å². The zero-order valence-electron chi connectivity index (χ0n) is 10.8. The number of carbonyl (C=O) groups is 2. The van der Waals surface area contributed by atoms with Gasteiger partial charge >= 0.3 is 0 Å². The first-order valence-corrected chi connectivity index (χ1v) is 6.94. The Labute approximate surface area is 115 Å². The fourth-order valence-electron chi connectivity index (χ4n) is 1.83. The maximum atomic E-state index is 11.7. The number of carbonyl (C=O) groups excluding carboxylic acids is 2. The molecule has 102 valence electrons. The molecule has 1 heterocycles. The van der Waals surface area contributed by atoms with Gasteiger partial charge in [0.05, 0.1) is 13.2 Å². The maximum absolute atomic E-state index is 11.7. The van der Waals surface area contributed by atoms with E-state index in [9.17, 15) is 9.59 Å². The Morgan fingerprint density at radius 3 is 2.53 bits per heavy atom. The Morgan fingerprint density at radius 2 is 1.95 bits per heavy atom. The summed E-state index contributed by atoms with van der Waals surface area (Å²) in [5.41, 5.74) is 0.693. The van der Waals surface area contributed by atoms with E-state index >= 15 is 0 Å². The second-order valence-corrected chi connectivity index (χ2v) is 4.92. The number of thioether (sulfide) groups is 1. The van der Waals surface area contributed by atoms with Crippen molar-refractivity contribution >= 4 is 22.9 Å². The SMILES string of the molecule is CCOc1ccc(C2SC(=O)NC2=O)c(OCC)c1. The van der Waals surface area contributed by atoms with Gasteiger partial charge in [0.15, 0.2) is 0 Å². The lowest BCUT2D eigenvalue weighted by atomic mass is 10.1. The summed E-state index contributed by atoms with van der Waals surface area (Å²) >= 11 is 0.966. The second kappa shape index (κ2) is 5.97. The minimum absolute atomic E-state index is 0.305. The standard InChI is InChI=1S/C13H15NO4S/c1-3-17-8-5-6-9(10(7-8)18-4-2)11-12(15)14-13(16)19-11/h5-7,11H,3-4H2,1-2H3,(H,14,15,16). The number of nitrogens with one attached hydrogen (secondary N) is 1. The largest absolute Gasteiger partial charge is 0.494 e. The molecule has 6 heteroatoms. The van der Waals surface area contributed by atoms with Crippen LogP contribution in [0.2, 0.25) is 0 Å². The Balaban J connectivity index is 2.33. The van der Waals surface area contributed by atoms with Crippen LogP contribution in [0.15, 0.2) is 18.2 Å². The zero-order valence-corrected chi connectivity index (χ0v) is 11.6. The van der Waals surface area contributed by atoms with E-state index in [0.717, 1.165) is 11.8 Å². The topological polar surface area (TPSA) is 64.6 Å². The first-order valence-electron chi connectivity index (χ1n) is 6.06. The summed E-state index contributed by atoms with van der Waals surface area (Å²) in [6.07, 6.45) is 0. The molecule has 0 aliphatic carbocycles. The molecule has 19 heavy (non-hydrogen) atoms. The highest BCUT2D eigenvalue weighted by Gasteiger charge is 2.35. The van der Waals surface area contributed by atoms with Gasteiger partial charge in [0.1, 0.15) is 16.7 Å². The fourth-order valence-corrected chi connectivity index (χ4v) is 2.69. The maximum Gasteiger partial charge on any atom is 0.286 e. The molecule has 0 aromatic heterocycles. The highest BCUT2D eigenvalue weighted by molar-refractivity contribution is 8.15. The third-order valence-electron chi connectivity index (χ3n) is 2.57. The highest BCUT2D eigenvalue weighted by atomic mass is 32.2. The van der Waals surface area contributed by atoms with Crippen LogP contribution in [-0.4, -0.2) is 24.4 Å². The molecule has 1 aliphatic heterocycles. The number of ether oxygens (including phenoxy) is 2. The summed E-state index contributed by atoms with van der Waals surface area (Å²) in [4.78, 5) is 23.0. The molecular formula is C13H15NO4S. The van der Waals surface area contributed by atoms with Gasteiger partial charge in [-0.3, -0.25) is 14.9 Å². The molecule has 2 rings (SSSR count). The molecule has 1 fully saturated rings. The molecule has 0 spiro atoms. The fraction of sp³-hybridized carbons (Fsp3) is 0.385. The van der Waals surface area contributed by atoms with Crippen LogP contribution >= 0.6 is 11.8 Å². The zero-order chi connectivity index (χ0) is 13.8. The van der Waals surface area contributed by atoms with Crippen molar-refractivity contribution in [2.24, 2.45) is 0 Å². The molecule has 1 aliphatic rings. The van der Waals surface area contributed by atoms with Crippen LogP contribution in [0.3, 0.4) is 0 Å². The van der Waals surface area contributed by atoms with E-state index in [-0.39, 0.29) is 11.1 Å². The number of imide groups is 1. The second-order valence-electron chi connectivity index (χ2n) is 3.84. The summed E-state index contributed by atoms with van der Waals surface area (Å²) in [5.74, 6) is 0.959. The average molecular weight is 281 g/mol. The molecule has 2 amide bonds. The first-order chi connectivity index (χ1) is 9.15. The quantitative estimate of drug-likeness (QED) is 0.898. The average Bonchev–Trinajstić information content (AvgIpc) is 2.70. The number of hydrogen-bond acceptors (Lipinski definition) is 5. The molecule has 1 aromatic carbocycles. The van der Waals surface area contributed by atoms with E-state index in [2.05, 4.69) is 5.32 Å². The minimum Gasteiger partial charge on any atom is -0.494 e. The molecule has 1 atom stereocenters. The van der Waals surface area contributed by atoms with Crippen LogP contribution in [0.25, 0.3) is 0 Å². The normalized spacial score (nSPS) is 18.3. The molecule has 1 unspecified atom stereocenters. The molecule has 1 aromatic rings. The van der Waals surface area contributed by atoms with Crippen molar-refractivity contribution in [1.29, 1.82) is 0 Å². The third-order valence-corrected chi connectivity index (χ3v) is 3.59. The third kappa shape index (κ3) is 3.01. The molecule has 1 saturated heterocycles. The van der Waals surface area contributed by atoms with Gasteiger partial charge in [0.2, 0.25) is 5.91 Å². The van der Waals surface area contributed by atoms with Gasteiger partial charge < -0.3 is 9.47 Å². The molecule has 0 bridgehead atoms. The van der Waals surface area contributed by atoms with Crippen LogP contribution < -0.4 is 14.8 Å². The van der Waals surface area contributed by atoms with Gasteiger partial charge in [-0.25, -0.2) is 0 Å². The predicted octanol–water partition coefficient (Wildman–Crippen LogP) is 2.51. The van der Waals surface area contributed by atoms with Gasteiger partial charge in [-0.05, 0) is 37.7 Å². The van der Waals surface area contributed by atoms with Gasteiger partial charge in [0.25, 0.3) is 5.24 Å². The lowest BCUT2D eigenvalue weighted by molar-refractivity contribution is -0.119. The Kier molecular flexibility index (Phi) is 4.31. The summed E-state index contributed by atoms with van der Waals surface area (Å²) in [6.45, 7) is 4.80. The summed E-state index contributed by atoms with van der Waals surface area (Å²) < 4.78 is 10.9. The van der Waals surface area contributed by atoms with Gasteiger partial charge in [-0.15, -0.1) is 0 Å². The highest BCUT2D eigenvalue weighted by Crippen LogP contribution is 2.40. The van der Waals surface area contributed by atoms with Crippen LogP contribution in [0.5, 0.6) is 11.5 Å². The lowest BCUT2D eigenvalue weighted by Gasteiger charge is -2.14. The number of rotatable bonds is 5. The monoisotopic (exact) mass is 281 g/mol. The van der Waals surface area contributed by atoms with Crippen molar-refractivity contribution in [2.75, 3.05) is 13.2 Å². The van der Waals surface area contributed by atoms with Crippen molar-refractivity contribution < 1.29 is 19.1 Å². The van der Waals surface area contributed by atoms with E-state index in [4.69, 9.17) is 9.47 Å². The van der Waals surface area contributed by atoms with Crippen LogP contribution in [-0.2, 0) is 4.79 Å². The molecule has 5 nitrogen and oxygen atoms in total. The van der Waals surface area contributed by atoms with E-state index in [1.807, 2.05) is 13.8 Å². The molecule has 1 N–H and O–H groups in total. The van der Waals surface area contributed by atoms with Crippen molar-refractivity contribution in [3.05, 3.63) is 23.8 Å². The number of amides is 2. The Bertz CT molecular complexity index is 503. The first kappa shape index (κ1) is 13.7. The Hall–Kier alpha value is -1.69. The van der Waals surface area contributed by atoms with E-state index in [1.54, 1.807) is 18.2 Å². The van der Waals surface area contributed by atoms with Crippen molar-refractivity contribution in [2.45, 2.75) is 19.1 Å². The smallest absolute Gasteiger partial charge is 0.286 e. The van der Waals surface area contributed by atoms with E-state index in [1.165, 1.54) is 0 Å². The number of hydrogen-bond donors (Lipinski definition) is 1. The lowest BCUT2D eigenvalue weighted by Crippen LogP contribution is -2.20. The van der Waals surface area contributed by atoms with Crippen molar-refractivity contribution in [3.8, 4) is 11.5 Å². The summed E-state index contributed by atoms with van der Waals surface area (Å²) in [5, 5.41) is 1.39. The van der Waals surface area contributed by atoms with Crippen molar-refractivity contribution in [3.63, 3.8) is 0 Å². The van der Waals surface area contributed by atoms with E-state index < -0.39 is 5.25 Å². The number of benzene rings is 1. The molecule has 0 saturated carbocycles. The van der Waals surface area contributed by atoms with E-state index in [0.29, 0.717) is 30.3 Å². The summed E-state index contributed by atoms with van der Waals surface area (Å²) in [7, 11) is 0. The van der Waals surface area contributed by atoms with Crippen LogP contribution in [0.4, 0.5) is 4.79 Å². The van der Waals surface area contributed by atoms with Gasteiger partial charge in [0, 0.05) is 11.6 Å². The van der Waals surface area contributed by atoms with Crippen molar-refractivity contribution in [1.82, 2.24) is 5.32 Å². The minimum atomic E-state index is -0.551. The van der Waals surface area contributed by atoms with Gasteiger partial charge in [-0.2, -0.15) is 0 Å². The predicted molar refractivity (Wildman–Crippen MR) is 72.7 cm³/mol. The summed E-state index contributed by atoms with van der Waals surface area (Å²) in [6, 6.07) is 5.29. The molecule has 0 radical (unpaired) electrons.